The molecule has 1 amide bonds. The summed E-state index contributed by atoms with van der Waals surface area (Å²) in [7, 11) is 1.66. The summed E-state index contributed by atoms with van der Waals surface area (Å²) in [4.78, 5) is 14.1. The second-order valence-corrected chi connectivity index (χ2v) is 5.99. The number of carbonyl (C=O) groups excluding carboxylic acids is 1. The normalized spacial score (nSPS) is 19.2. The molecule has 1 aliphatic rings. The van der Waals surface area contributed by atoms with Gasteiger partial charge in [-0.05, 0) is 38.8 Å². The largest absolute Gasteiger partial charge is 0.495 e. The molecule has 0 radical (unpaired) electrons. The molecule has 0 saturated carbocycles. The van der Waals surface area contributed by atoms with Crippen LogP contribution in [-0.2, 0) is 4.79 Å². The average molecular weight is 292 g/mol. The van der Waals surface area contributed by atoms with Gasteiger partial charge in [0.2, 0.25) is 0 Å². The molecule has 0 spiro atoms. The van der Waals surface area contributed by atoms with Crippen molar-refractivity contribution in [2.75, 3.05) is 25.1 Å². The van der Waals surface area contributed by atoms with E-state index in [1.54, 1.807) is 7.11 Å². The van der Waals surface area contributed by atoms with Gasteiger partial charge in [0, 0.05) is 19.1 Å². The lowest BCUT2D eigenvalue weighted by molar-refractivity contribution is -0.137. The van der Waals surface area contributed by atoms with Crippen molar-refractivity contribution in [3.05, 3.63) is 24.3 Å². The standard InChI is InChI=1S/C16H24N2O3/c1-16(2,20)15(19)17-12-7-6-10-18(11-12)13-8-4-5-9-14(13)21-3/h4-5,8-9,12,20H,6-7,10-11H2,1-3H3,(H,17,19)/t12-/m0/s1. The van der Waals surface area contributed by atoms with Gasteiger partial charge in [-0.1, -0.05) is 12.1 Å². The van der Waals surface area contributed by atoms with Crippen LogP contribution in [0.15, 0.2) is 24.3 Å². The second kappa shape index (κ2) is 6.35. The van der Waals surface area contributed by atoms with Gasteiger partial charge in [0.15, 0.2) is 0 Å². The van der Waals surface area contributed by atoms with Gasteiger partial charge in [0.1, 0.15) is 11.4 Å². The smallest absolute Gasteiger partial charge is 0.251 e. The third-order valence-corrected chi connectivity index (χ3v) is 3.74. The third kappa shape index (κ3) is 3.88. The SMILES string of the molecule is COc1ccccc1N1CCC[C@H](NC(=O)C(C)(C)O)C1. The first-order chi connectivity index (χ1) is 9.91. The number of ether oxygens (including phenoxy) is 1. The fraction of sp³-hybridized carbons (Fsp3) is 0.562. The van der Waals surface area contributed by atoms with Gasteiger partial charge in [-0.25, -0.2) is 0 Å². The molecule has 21 heavy (non-hydrogen) atoms. The molecule has 1 aromatic rings. The summed E-state index contributed by atoms with van der Waals surface area (Å²) >= 11 is 0. The van der Waals surface area contributed by atoms with Gasteiger partial charge in [0.25, 0.3) is 5.91 Å². The van der Waals surface area contributed by atoms with E-state index >= 15 is 0 Å². The molecule has 0 bridgehead atoms. The van der Waals surface area contributed by atoms with E-state index in [0.29, 0.717) is 0 Å². The van der Waals surface area contributed by atoms with Crippen molar-refractivity contribution in [2.24, 2.45) is 0 Å². The number of nitrogens with one attached hydrogen (secondary N) is 1. The molecule has 2 N–H and O–H groups in total. The van der Waals surface area contributed by atoms with Crippen molar-refractivity contribution >= 4 is 11.6 Å². The maximum absolute atomic E-state index is 11.9. The second-order valence-electron chi connectivity index (χ2n) is 5.99. The molecule has 2 rings (SSSR count). The molecule has 1 saturated heterocycles. The van der Waals surface area contributed by atoms with Crippen molar-refractivity contribution in [3.8, 4) is 5.75 Å². The first-order valence-corrected chi connectivity index (χ1v) is 7.33. The number of piperidine rings is 1. The predicted molar refractivity (Wildman–Crippen MR) is 82.7 cm³/mol. The number of rotatable bonds is 4. The Balaban J connectivity index is 2.06. The third-order valence-electron chi connectivity index (χ3n) is 3.74. The van der Waals surface area contributed by atoms with Crippen molar-refractivity contribution in [1.29, 1.82) is 0 Å². The summed E-state index contributed by atoms with van der Waals surface area (Å²) in [5.74, 6) is 0.515. The van der Waals surface area contributed by atoms with Crippen LogP contribution >= 0.6 is 0 Å². The van der Waals surface area contributed by atoms with Crippen LogP contribution in [-0.4, -0.2) is 42.9 Å². The van der Waals surface area contributed by atoms with Gasteiger partial charge in [-0.3, -0.25) is 4.79 Å². The molecule has 1 aromatic carbocycles. The predicted octanol–water partition coefficient (Wildman–Crippen LogP) is 1.55. The Bertz CT molecular complexity index is 497. The summed E-state index contributed by atoms with van der Waals surface area (Å²) in [5, 5.41) is 12.7. The summed E-state index contributed by atoms with van der Waals surface area (Å²) < 4.78 is 5.40. The number of nitrogens with zero attached hydrogens (tertiary/aromatic N) is 1. The van der Waals surface area contributed by atoms with Crippen LogP contribution in [0.5, 0.6) is 5.75 Å². The van der Waals surface area contributed by atoms with Crippen LogP contribution in [0.4, 0.5) is 5.69 Å². The van der Waals surface area contributed by atoms with E-state index in [1.165, 1.54) is 13.8 Å². The fourth-order valence-corrected chi connectivity index (χ4v) is 2.57. The monoisotopic (exact) mass is 292 g/mol. The van der Waals surface area contributed by atoms with E-state index in [0.717, 1.165) is 37.4 Å². The van der Waals surface area contributed by atoms with Crippen LogP contribution < -0.4 is 15.0 Å². The first-order valence-electron chi connectivity index (χ1n) is 7.33. The minimum atomic E-state index is -1.34. The fourth-order valence-electron chi connectivity index (χ4n) is 2.57. The Kier molecular flexibility index (Phi) is 4.73. The van der Waals surface area contributed by atoms with Crippen molar-refractivity contribution in [2.45, 2.75) is 38.3 Å². The molecule has 5 nitrogen and oxygen atoms in total. The van der Waals surface area contributed by atoms with Gasteiger partial charge < -0.3 is 20.1 Å². The molecule has 1 heterocycles. The number of carbonyl (C=O) groups is 1. The van der Waals surface area contributed by atoms with Crippen molar-refractivity contribution in [3.63, 3.8) is 0 Å². The Morgan fingerprint density at radius 3 is 2.81 bits per heavy atom. The molecule has 0 aromatic heterocycles. The number of amides is 1. The minimum absolute atomic E-state index is 0.0441. The highest BCUT2D eigenvalue weighted by molar-refractivity contribution is 5.84. The number of hydrogen-bond acceptors (Lipinski definition) is 4. The number of anilines is 1. The van der Waals surface area contributed by atoms with Crippen LogP contribution in [0.3, 0.4) is 0 Å². The number of hydrogen-bond donors (Lipinski definition) is 2. The maximum atomic E-state index is 11.9. The van der Waals surface area contributed by atoms with E-state index in [1.807, 2.05) is 24.3 Å². The molecule has 5 heteroatoms. The zero-order chi connectivity index (χ0) is 15.5. The zero-order valence-corrected chi connectivity index (χ0v) is 12.9. The quantitative estimate of drug-likeness (QED) is 0.884. The van der Waals surface area contributed by atoms with Crippen LogP contribution in [0.2, 0.25) is 0 Å². The van der Waals surface area contributed by atoms with E-state index in [4.69, 9.17) is 4.74 Å². The molecular weight excluding hydrogens is 268 g/mol. The van der Waals surface area contributed by atoms with E-state index in [-0.39, 0.29) is 11.9 Å². The van der Waals surface area contributed by atoms with Crippen molar-refractivity contribution in [1.82, 2.24) is 5.32 Å². The summed E-state index contributed by atoms with van der Waals surface area (Å²) in [5.41, 5.74) is -0.297. The Labute approximate surface area is 125 Å². The van der Waals surface area contributed by atoms with Gasteiger partial charge in [-0.15, -0.1) is 0 Å². The van der Waals surface area contributed by atoms with Crippen LogP contribution in [0.25, 0.3) is 0 Å². The minimum Gasteiger partial charge on any atom is -0.495 e. The Morgan fingerprint density at radius 1 is 1.43 bits per heavy atom. The van der Waals surface area contributed by atoms with Crippen LogP contribution in [0.1, 0.15) is 26.7 Å². The van der Waals surface area contributed by atoms with Gasteiger partial charge in [0.05, 0.1) is 12.8 Å². The lowest BCUT2D eigenvalue weighted by atomic mass is 10.0. The topological polar surface area (TPSA) is 61.8 Å². The van der Waals surface area contributed by atoms with Gasteiger partial charge in [-0.2, -0.15) is 0 Å². The average Bonchev–Trinajstić information content (AvgIpc) is 2.46. The lowest BCUT2D eigenvalue weighted by Crippen LogP contribution is -2.52. The summed E-state index contributed by atoms with van der Waals surface area (Å²) in [6, 6.07) is 7.94. The molecule has 1 fully saturated rings. The molecule has 1 aliphatic heterocycles. The van der Waals surface area contributed by atoms with Gasteiger partial charge >= 0.3 is 0 Å². The molecule has 116 valence electrons. The van der Waals surface area contributed by atoms with E-state index < -0.39 is 5.60 Å². The number of benzene rings is 1. The van der Waals surface area contributed by atoms with Crippen LogP contribution in [0, 0.1) is 0 Å². The summed E-state index contributed by atoms with van der Waals surface area (Å²) in [6.45, 7) is 4.67. The molecule has 1 atom stereocenters. The zero-order valence-electron chi connectivity index (χ0n) is 12.9. The maximum Gasteiger partial charge on any atom is 0.251 e. The molecule has 0 unspecified atom stereocenters. The molecule has 0 aliphatic carbocycles. The number of aliphatic hydroxyl groups is 1. The summed E-state index contributed by atoms with van der Waals surface area (Å²) in [6.07, 6.45) is 1.92. The Morgan fingerprint density at radius 2 is 2.14 bits per heavy atom. The molecular formula is C16H24N2O3. The highest BCUT2D eigenvalue weighted by Gasteiger charge is 2.29. The number of methoxy groups -OCH3 is 1. The first kappa shape index (κ1) is 15.6. The van der Waals surface area contributed by atoms with Crippen molar-refractivity contribution < 1.29 is 14.6 Å². The highest BCUT2D eigenvalue weighted by atomic mass is 16.5. The number of para-hydroxylation sites is 2. The Hall–Kier alpha value is -1.75. The van der Waals surface area contributed by atoms with E-state index in [9.17, 15) is 9.90 Å². The highest BCUT2D eigenvalue weighted by Crippen LogP contribution is 2.29. The van der Waals surface area contributed by atoms with E-state index in [2.05, 4.69) is 10.2 Å². The lowest BCUT2D eigenvalue weighted by Gasteiger charge is -2.36.